The van der Waals surface area contributed by atoms with Gasteiger partial charge in [0, 0.05) is 19.2 Å². The van der Waals surface area contributed by atoms with E-state index in [4.69, 9.17) is 4.52 Å². The number of amides is 1. The maximum absolute atomic E-state index is 12.8. The van der Waals surface area contributed by atoms with Crippen LogP contribution < -0.4 is 5.32 Å². The molecule has 34 heavy (non-hydrogen) atoms. The molecule has 0 aliphatic rings. The Morgan fingerprint density at radius 1 is 1.06 bits per heavy atom. The molecule has 3 aromatic rings. The summed E-state index contributed by atoms with van der Waals surface area (Å²) in [4.78, 5) is 15.1. The van der Waals surface area contributed by atoms with E-state index in [1.165, 1.54) is 11.6 Å². The van der Waals surface area contributed by atoms with Crippen LogP contribution in [0.5, 0.6) is 11.5 Å². The molecule has 0 atom stereocenters. The summed E-state index contributed by atoms with van der Waals surface area (Å²) in [5.41, 5.74) is 3.68. The molecule has 0 fully saturated rings. The highest BCUT2D eigenvalue weighted by Gasteiger charge is 2.27. The fourth-order valence-electron chi connectivity index (χ4n) is 4.04. The Morgan fingerprint density at radius 2 is 1.74 bits per heavy atom. The van der Waals surface area contributed by atoms with Crippen LogP contribution in [0.3, 0.4) is 0 Å². The Bertz CT molecular complexity index is 1120. The summed E-state index contributed by atoms with van der Waals surface area (Å²) in [6.07, 6.45) is 0.929. The number of hydrogen-bond acceptors (Lipinski definition) is 6. The van der Waals surface area contributed by atoms with Gasteiger partial charge in [-0.15, -0.1) is 0 Å². The third-order valence-electron chi connectivity index (χ3n) is 6.11. The van der Waals surface area contributed by atoms with E-state index in [1.807, 2.05) is 45.0 Å². The van der Waals surface area contributed by atoms with Crippen molar-refractivity contribution in [1.29, 1.82) is 0 Å². The number of nitrogens with zero attached hydrogens (tertiary/aromatic N) is 2. The number of nitrogens with one attached hydrogen (secondary N) is 1. The molecule has 2 aromatic carbocycles. The van der Waals surface area contributed by atoms with Crippen molar-refractivity contribution in [2.75, 3.05) is 26.2 Å². The second kappa shape index (κ2) is 11.2. The van der Waals surface area contributed by atoms with E-state index in [-0.39, 0.29) is 34.8 Å². The topological polar surface area (TPSA) is 98.8 Å². The smallest absolute Gasteiger partial charge is 0.274 e. The van der Waals surface area contributed by atoms with Gasteiger partial charge in [-0.3, -0.25) is 4.79 Å². The molecular formula is C27H35N3O4. The van der Waals surface area contributed by atoms with Gasteiger partial charge in [0.2, 0.25) is 0 Å². The van der Waals surface area contributed by atoms with Crippen LogP contribution in [0.4, 0.5) is 0 Å². The van der Waals surface area contributed by atoms with Gasteiger partial charge in [0.25, 0.3) is 5.91 Å². The highest BCUT2D eigenvalue weighted by molar-refractivity contribution is 6.02. The largest absolute Gasteiger partial charge is 0.508 e. The Balaban J connectivity index is 2.07. The zero-order valence-corrected chi connectivity index (χ0v) is 20.7. The lowest BCUT2D eigenvalue weighted by atomic mass is 9.93. The molecule has 1 aromatic heterocycles. The van der Waals surface area contributed by atoms with Gasteiger partial charge in [-0.1, -0.05) is 57.1 Å². The molecule has 7 heteroatoms. The molecule has 7 nitrogen and oxygen atoms in total. The summed E-state index contributed by atoms with van der Waals surface area (Å²) in [5.74, 6) is -0.160. The van der Waals surface area contributed by atoms with Gasteiger partial charge in [0.15, 0.2) is 11.5 Å². The van der Waals surface area contributed by atoms with Crippen LogP contribution >= 0.6 is 0 Å². The lowest BCUT2D eigenvalue weighted by molar-refractivity contribution is 0.0947. The van der Waals surface area contributed by atoms with E-state index in [0.717, 1.165) is 31.6 Å². The predicted octanol–water partition coefficient (Wildman–Crippen LogP) is 5.18. The van der Waals surface area contributed by atoms with Gasteiger partial charge >= 0.3 is 0 Å². The first-order valence-corrected chi connectivity index (χ1v) is 12.0. The summed E-state index contributed by atoms with van der Waals surface area (Å²) in [7, 11) is 0. The van der Waals surface area contributed by atoms with Crippen molar-refractivity contribution in [2.24, 2.45) is 0 Å². The lowest BCUT2D eigenvalue weighted by Gasteiger charge is -2.17. The maximum atomic E-state index is 12.8. The molecule has 3 N–H and O–H groups in total. The van der Waals surface area contributed by atoms with Crippen molar-refractivity contribution in [3.8, 4) is 33.9 Å². The van der Waals surface area contributed by atoms with Crippen molar-refractivity contribution in [2.45, 2.75) is 47.0 Å². The molecule has 0 saturated carbocycles. The standard InChI is InChI=1S/C27H35N3O4/c1-6-28-27(33)25-24(19-11-9-18(10-12-19)13-14-30(7-2)8-3)26(34-29-25)21-15-20(17(4)5)22(31)16-23(21)32/h9-12,15-17,31-32H,6-8,13-14H2,1-5H3,(H,28,33). The third-order valence-corrected chi connectivity index (χ3v) is 6.11. The fourth-order valence-corrected chi connectivity index (χ4v) is 4.04. The van der Waals surface area contributed by atoms with Gasteiger partial charge in [-0.05, 0) is 55.1 Å². The SMILES string of the molecule is CCNC(=O)c1noc(-c2cc(C(C)C)c(O)cc2O)c1-c1ccc(CCN(CC)CC)cc1. The number of likely N-dealkylation sites (N-methyl/N-ethyl adjacent to an activating group) is 1. The molecule has 0 spiro atoms. The van der Waals surface area contributed by atoms with Crippen LogP contribution in [0, 0.1) is 0 Å². The number of carbonyl (C=O) groups is 1. The number of rotatable bonds is 10. The summed E-state index contributed by atoms with van der Waals surface area (Å²) in [6, 6.07) is 11.0. The zero-order chi connectivity index (χ0) is 24.8. The van der Waals surface area contributed by atoms with Gasteiger partial charge < -0.3 is 25.0 Å². The Morgan fingerprint density at radius 3 is 2.32 bits per heavy atom. The van der Waals surface area contributed by atoms with Gasteiger partial charge in [0.1, 0.15) is 11.5 Å². The monoisotopic (exact) mass is 465 g/mol. The predicted molar refractivity (Wildman–Crippen MR) is 134 cm³/mol. The van der Waals surface area contributed by atoms with E-state index in [1.54, 1.807) is 6.07 Å². The number of carbonyl (C=O) groups excluding carboxylic acids is 1. The van der Waals surface area contributed by atoms with Crippen molar-refractivity contribution in [1.82, 2.24) is 15.4 Å². The minimum atomic E-state index is -0.347. The second-order valence-corrected chi connectivity index (χ2v) is 8.65. The maximum Gasteiger partial charge on any atom is 0.274 e. The van der Waals surface area contributed by atoms with Crippen molar-refractivity contribution >= 4 is 5.91 Å². The number of phenolic OH excluding ortho intramolecular Hbond substituents is 2. The quantitative estimate of drug-likeness (QED) is 0.382. The molecule has 0 radical (unpaired) electrons. The fraction of sp³-hybridized carbons (Fsp3) is 0.407. The van der Waals surface area contributed by atoms with Crippen LogP contribution in [0.15, 0.2) is 40.9 Å². The van der Waals surface area contributed by atoms with Crippen LogP contribution in [0.1, 0.15) is 62.2 Å². The molecule has 1 amide bonds. The zero-order valence-electron chi connectivity index (χ0n) is 20.7. The van der Waals surface area contributed by atoms with E-state index >= 15 is 0 Å². The Kier molecular flexibility index (Phi) is 8.34. The molecule has 182 valence electrons. The van der Waals surface area contributed by atoms with Crippen LogP contribution in [0.2, 0.25) is 0 Å². The number of benzene rings is 2. The van der Waals surface area contributed by atoms with Crippen LogP contribution in [0.25, 0.3) is 22.5 Å². The highest BCUT2D eigenvalue weighted by Crippen LogP contribution is 2.43. The van der Waals surface area contributed by atoms with Crippen molar-refractivity contribution < 1.29 is 19.5 Å². The minimum Gasteiger partial charge on any atom is -0.508 e. The number of hydrogen-bond donors (Lipinski definition) is 3. The van der Waals surface area contributed by atoms with Gasteiger partial charge in [0.05, 0.1) is 11.1 Å². The van der Waals surface area contributed by atoms with Crippen molar-refractivity contribution in [3.63, 3.8) is 0 Å². The molecule has 1 heterocycles. The Labute approximate surface area is 201 Å². The van der Waals surface area contributed by atoms with E-state index in [0.29, 0.717) is 23.2 Å². The normalized spacial score (nSPS) is 11.4. The number of phenols is 2. The Hall–Kier alpha value is -3.32. The molecular weight excluding hydrogens is 430 g/mol. The number of aromatic hydroxyl groups is 2. The molecule has 0 bridgehead atoms. The first-order valence-electron chi connectivity index (χ1n) is 12.0. The first kappa shape index (κ1) is 25.3. The average molecular weight is 466 g/mol. The lowest BCUT2D eigenvalue weighted by Crippen LogP contribution is -2.25. The highest BCUT2D eigenvalue weighted by atomic mass is 16.5. The molecule has 3 rings (SSSR count). The molecule has 0 aliphatic carbocycles. The van der Waals surface area contributed by atoms with E-state index in [2.05, 4.69) is 29.2 Å². The number of aromatic nitrogens is 1. The summed E-state index contributed by atoms with van der Waals surface area (Å²) < 4.78 is 5.64. The third kappa shape index (κ3) is 5.42. The minimum absolute atomic E-state index is 0.0128. The van der Waals surface area contributed by atoms with E-state index < -0.39 is 0 Å². The van der Waals surface area contributed by atoms with Crippen LogP contribution in [-0.2, 0) is 6.42 Å². The average Bonchev–Trinajstić information content (AvgIpc) is 3.25. The van der Waals surface area contributed by atoms with Crippen molar-refractivity contribution in [3.05, 3.63) is 53.2 Å². The second-order valence-electron chi connectivity index (χ2n) is 8.65. The molecule has 0 saturated heterocycles. The summed E-state index contributed by atoms with van der Waals surface area (Å²) in [5, 5.41) is 27.7. The van der Waals surface area contributed by atoms with E-state index in [9.17, 15) is 15.0 Å². The molecule has 0 unspecified atom stereocenters. The van der Waals surface area contributed by atoms with Crippen LogP contribution in [-0.4, -0.2) is 52.4 Å². The van der Waals surface area contributed by atoms with Gasteiger partial charge in [-0.2, -0.15) is 0 Å². The summed E-state index contributed by atoms with van der Waals surface area (Å²) >= 11 is 0. The molecule has 0 aliphatic heterocycles. The van der Waals surface area contributed by atoms with Gasteiger partial charge in [-0.25, -0.2) is 0 Å². The summed E-state index contributed by atoms with van der Waals surface area (Å²) in [6.45, 7) is 13.5. The first-order chi connectivity index (χ1) is 16.3.